The number of ether oxygens (including phenoxy) is 2. The fourth-order valence-corrected chi connectivity index (χ4v) is 3.09. The Hall–Kier alpha value is -2.12. The zero-order valence-corrected chi connectivity index (χ0v) is 15.7. The van der Waals surface area contributed by atoms with Crippen LogP contribution >= 0.6 is 0 Å². The van der Waals surface area contributed by atoms with Gasteiger partial charge < -0.3 is 14.8 Å². The summed E-state index contributed by atoms with van der Waals surface area (Å²) in [6.07, 6.45) is -0.313. The number of morpholine rings is 1. The summed E-state index contributed by atoms with van der Waals surface area (Å²) in [5.41, 5.74) is 2.37. The quantitative estimate of drug-likeness (QED) is 0.894. The van der Waals surface area contributed by atoms with Crippen molar-refractivity contribution < 1.29 is 19.1 Å². The van der Waals surface area contributed by atoms with Crippen LogP contribution in [0.5, 0.6) is 0 Å². The Morgan fingerprint density at radius 1 is 1.15 bits per heavy atom. The molecule has 7 nitrogen and oxygen atoms in total. The Kier molecular flexibility index (Phi) is 5.48. The highest BCUT2D eigenvalue weighted by molar-refractivity contribution is 5.92. The smallest absolute Gasteiger partial charge is 0.410 e. The first-order valence-corrected chi connectivity index (χ1v) is 9.00. The van der Waals surface area contributed by atoms with Crippen LogP contribution in [-0.4, -0.2) is 60.2 Å². The Morgan fingerprint density at radius 3 is 2.54 bits per heavy atom. The van der Waals surface area contributed by atoms with E-state index in [0.29, 0.717) is 32.8 Å². The van der Waals surface area contributed by atoms with Crippen molar-refractivity contribution in [3.05, 3.63) is 29.3 Å². The molecule has 0 aromatic heterocycles. The standard InChI is InChI=1S/C19H27N3O4/c1-19(2,3)26-18(24)22-11-14-4-5-16(10-15(14)12-22)20-17(23)13-21-6-8-25-9-7-21/h4-5,10H,6-9,11-13H2,1-3H3,(H,20,23). The van der Waals surface area contributed by atoms with Crippen LogP contribution in [0.1, 0.15) is 31.9 Å². The third kappa shape index (κ3) is 4.95. The lowest BCUT2D eigenvalue weighted by Gasteiger charge is -2.25. The largest absolute Gasteiger partial charge is 0.444 e. The highest BCUT2D eigenvalue weighted by Crippen LogP contribution is 2.27. The van der Waals surface area contributed by atoms with Gasteiger partial charge in [0.2, 0.25) is 5.91 Å². The number of carbonyl (C=O) groups excluding carboxylic acids is 2. The van der Waals surface area contributed by atoms with Crippen LogP contribution in [0.15, 0.2) is 18.2 Å². The van der Waals surface area contributed by atoms with Gasteiger partial charge in [-0.2, -0.15) is 0 Å². The lowest BCUT2D eigenvalue weighted by molar-refractivity contribution is -0.118. The number of benzene rings is 1. The minimum absolute atomic E-state index is 0.0335. The molecule has 26 heavy (non-hydrogen) atoms. The van der Waals surface area contributed by atoms with Crippen molar-refractivity contribution in [2.45, 2.75) is 39.5 Å². The molecule has 1 aromatic carbocycles. The summed E-state index contributed by atoms with van der Waals surface area (Å²) in [5.74, 6) is -0.0335. The maximum absolute atomic E-state index is 12.2. The van der Waals surface area contributed by atoms with E-state index in [9.17, 15) is 9.59 Å². The molecule has 0 radical (unpaired) electrons. The van der Waals surface area contributed by atoms with E-state index in [1.165, 1.54) is 0 Å². The van der Waals surface area contributed by atoms with Gasteiger partial charge in [0.1, 0.15) is 5.60 Å². The van der Waals surface area contributed by atoms with Gasteiger partial charge in [-0.3, -0.25) is 14.6 Å². The van der Waals surface area contributed by atoms with Crippen LogP contribution in [0.2, 0.25) is 0 Å². The van der Waals surface area contributed by atoms with Crippen LogP contribution in [-0.2, 0) is 27.4 Å². The average Bonchev–Trinajstić information content (AvgIpc) is 2.97. The summed E-state index contributed by atoms with van der Waals surface area (Å²) >= 11 is 0. The number of amides is 2. The molecule has 1 aromatic rings. The van der Waals surface area contributed by atoms with Gasteiger partial charge in [-0.25, -0.2) is 4.79 Å². The molecule has 2 aliphatic heterocycles. The molecule has 2 heterocycles. The van der Waals surface area contributed by atoms with Crippen molar-refractivity contribution in [1.82, 2.24) is 9.80 Å². The van der Waals surface area contributed by atoms with Gasteiger partial charge in [0, 0.05) is 31.9 Å². The van der Waals surface area contributed by atoms with Gasteiger partial charge in [-0.1, -0.05) is 6.07 Å². The molecule has 0 aliphatic carbocycles. The number of rotatable bonds is 3. The van der Waals surface area contributed by atoms with E-state index in [4.69, 9.17) is 9.47 Å². The lowest BCUT2D eigenvalue weighted by Crippen LogP contribution is -2.41. The highest BCUT2D eigenvalue weighted by Gasteiger charge is 2.28. The molecule has 2 amide bonds. The van der Waals surface area contributed by atoms with E-state index in [0.717, 1.165) is 29.9 Å². The van der Waals surface area contributed by atoms with Gasteiger partial charge in [0.15, 0.2) is 0 Å². The zero-order valence-electron chi connectivity index (χ0n) is 15.7. The molecule has 3 rings (SSSR count). The van der Waals surface area contributed by atoms with Crippen LogP contribution < -0.4 is 5.32 Å². The fourth-order valence-electron chi connectivity index (χ4n) is 3.09. The Balaban J connectivity index is 1.56. The SMILES string of the molecule is CC(C)(C)OC(=O)N1Cc2ccc(NC(=O)CN3CCOCC3)cc2C1. The predicted molar refractivity (Wildman–Crippen MR) is 97.8 cm³/mol. The first kappa shape index (κ1) is 18.7. The van der Waals surface area contributed by atoms with Gasteiger partial charge in [-0.05, 0) is 44.0 Å². The third-order valence-corrected chi connectivity index (χ3v) is 4.34. The molecular formula is C19H27N3O4. The second-order valence-corrected chi connectivity index (χ2v) is 7.76. The maximum atomic E-state index is 12.2. The summed E-state index contributed by atoms with van der Waals surface area (Å²) in [5, 5.41) is 2.95. The minimum atomic E-state index is -0.509. The van der Waals surface area contributed by atoms with Crippen molar-refractivity contribution in [3.8, 4) is 0 Å². The molecule has 1 saturated heterocycles. The van der Waals surface area contributed by atoms with Gasteiger partial charge in [-0.15, -0.1) is 0 Å². The van der Waals surface area contributed by atoms with E-state index >= 15 is 0 Å². The lowest BCUT2D eigenvalue weighted by atomic mass is 10.1. The number of carbonyl (C=O) groups is 2. The topological polar surface area (TPSA) is 71.1 Å². The average molecular weight is 361 g/mol. The van der Waals surface area contributed by atoms with Crippen molar-refractivity contribution in [1.29, 1.82) is 0 Å². The Bertz CT molecular complexity index is 678. The molecule has 7 heteroatoms. The third-order valence-electron chi connectivity index (χ3n) is 4.34. The summed E-state index contributed by atoms with van der Waals surface area (Å²) in [4.78, 5) is 28.2. The number of nitrogens with one attached hydrogen (secondary N) is 1. The number of anilines is 1. The van der Waals surface area contributed by atoms with E-state index in [2.05, 4.69) is 10.2 Å². The van der Waals surface area contributed by atoms with Crippen LogP contribution in [0.4, 0.5) is 10.5 Å². The van der Waals surface area contributed by atoms with Crippen LogP contribution in [0.25, 0.3) is 0 Å². The zero-order chi connectivity index (χ0) is 18.7. The molecule has 0 bridgehead atoms. The van der Waals surface area contributed by atoms with Crippen molar-refractivity contribution in [2.75, 3.05) is 38.2 Å². The predicted octanol–water partition coefficient (Wildman–Crippen LogP) is 2.21. The Labute approximate surface area is 154 Å². The van der Waals surface area contributed by atoms with Crippen molar-refractivity contribution in [2.24, 2.45) is 0 Å². The Morgan fingerprint density at radius 2 is 1.85 bits per heavy atom. The monoisotopic (exact) mass is 361 g/mol. The van der Waals surface area contributed by atoms with Crippen molar-refractivity contribution in [3.63, 3.8) is 0 Å². The molecule has 0 spiro atoms. The van der Waals surface area contributed by atoms with Crippen LogP contribution in [0.3, 0.4) is 0 Å². The number of hydrogen-bond acceptors (Lipinski definition) is 5. The summed E-state index contributed by atoms with van der Waals surface area (Å²) in [6.45, 7) is 9.88. The number of nitrogens with zero attached hydrogens (tertiary/aromatic N) is 2. The van der Waals surface area contributed by atoms with Crippen molar-refractivity contribution >= 4 is 17.7 Å². The second-order valence-electron chi connectivity index (χ2n) is 7.76. The molecule has 1 N–H and O–H groups in total. The first-order valence-electron chi connectivity index (χ1n) is 9.00. The molecule has 1 fully saturated rings. The van der Waals surface area contributed by atoms with Gasteiger partial charge >= 0.3 is 6.09 Å². The fraction of sp³-hybridized carbons (Fsp3) is 0.579. The van der Waals surface area contributed by atoms with Gasteiger partial charge in [0.25, 0.3) is 0 Å². The molecule has 0 saturated carbocycles. The summed E-state index contributed by atoms with van der Waals surface area (Å²) in [7, 11) is 0. The van der Waals surface area contributed by atoms with E-state index in [1.807, 2.05) is 39.0 Å². The van der Waals surface area contributed by atoms with Gasteiger partial charge in [0.05, 0.1) is 19.8 Å². The molecule has 142 valence electrons. The van der Waals surface area contributed by atoms with Crippen LogP contribution in [0, 0.1) is 0 Å². The molecule has 0 unspecified atom stereocenters. The second kappa shape index (κ2) is 7.63. The highest BCUT2D eigenvalue weighted by atomic mass is 16.6. The molecule has 2 aliphatic rings. The normalized spacial score (nSPS) is 17.7. The maximum Gasteiger partial charge on any atom is 0.410 e. The number of fused-ring (bicyclic) bond motifs is 1. The molecular weight excluding hydrogens is 334 g/mol. The van der Waals surface area contributed by atoms with E-state index in [1.54, 1.807) is 4.90 Å². The van der Waals surface area contributed by atoms with E-state index in [-0.39, 0.29) is 12.0 Å². The molecule has 0 atom stereocenters. The summed E-state index contributed by atoms with van der Waals surface area (Å²) < 4.78 is 10.7. The van der Waals surface area contributed by atoms with E-state index < -0.39 is 5.60 Å². The summed E-state index contributed by atoms with van der Waals surface area (Å²) in [6, 6.07) is 5.79. The number of hydrogen-bond donors (Lipinski definition) is 1. The first-order chi connectivity index (χ1) is 12.3. The minimum Gasteiger partial charge on any atom is -0.444 e.